The maximum Gasteiger partial charge on any atom is 0.249 e. The first-order chi connectivity index (χ1) is 28.4. The minimum atomic E-state index is -0.458. The van der Waals surface area contributed by atoms with Crippen molar-refractivity contribution in [1.82, 2.24) is 39.9 Å². The maximum absolute atomic E-state index is 12.9. The first kappa shape index (κ1) is 36.2. The van der Waals surface area contributed by atoms with Gasteiger partial charge in [0, 0.05) is 66.5 Å². The summed E-state index contributed by atoms with van der Waals surface area (Å²) < 4.78 is 2.04. The SMILES string of the molecule is Nc1nnc(-c2ccccc2O)cc1N1CC2CCC(C1)N2c1ncc(C2CCN(CCCc3ccnc4c3c3ccccc3n4C3CCC(=O)NC3=O)CC2)cn1. The molecule has 0 saturated carbocycles. The number of nitrogens with one attached hydrogen (secondary N) is 1. The lowest BCUT2D eigenvalue weighted by atomic mass is 9.91. The summed E-state index contributed by atoms with van der Waals surface area (Å²) in [5.74, 6) is 1.33. The number of nitrogens with two attached hydrogens (primary N) is 1. The average molecular weight is 778 g/mol. The number of anilines is 3. The number of aromatic hydroxyl groups is 1. The summed E-state index contributed by atoms with van der Waals surface area (Å²) in [7, 11) is 0. The van der Waals surface area contributed by atoms with Crippen LogP contribution in [0, 0.1) is 0 Å². The van der Waals surface area contributed by atoms with Gasteiger partial charge in [-0.05, 0) is 112 Å². The minimum absolute atomic E-state index is 0.166. The van der Waals surface area contributed by atoms with Crippen LogP contribution in [0.25, 0.3) is 33.2 Å². The molecule has 58 heavy (non-hydrogen) atoms. The van der Waals surface area contributed by atoms with Crippen molar-refractivity contribution < 1.29 is 14.7 Å². The van der Waals surface area contributed by atoms with Crippen LogP contribution in [0.15, 0.2) is 79.3 Å². The molecule has 8 heterocycles. The zero-order chi connectivity index (χ0) is 39.3. The van der Waals surface area contributed by atoms with Crippen molar-refractivity contribution in [3.8, 4) is 17.0 Å². The molecule has 4 saturated heterocycles. The van der Waals surface area contributed by atoms with Crippen molar-refractivity contribution in [2.24, 2.45) is 0 Å². The number of carbonyl (C=O) groups excluding carboxylic acids is 2. The third-order valence-electron chi connectivity index (χ3n) is 12.9. The number of pyridine rings is 1. The van der Waals surface area contributed by atoms with E-state index in [2.05, 4.69) is 54.7 Å². The van der Waals surface area contributed by atoms with Crippen LogP contribution in [0.5, 0.6) is 5.75 Å². The molecular weight excluding hydrogens is 731 g/mol. The van der Waals surface area contributed by atoms with Gasteiger partial charge in [0.05, 0.1) is 16.9 Å². The molecule has 10 rings (SSSR count). The number of likely N-dealkylation sites (tertiary alicyclic amines) is 1. The molecule has 4 N–H and O–H groups in total. The van der Waals surface area contributed by atoms with Gasteiger partial charge in [0.15, 0.2) is 5.82 Å². The second kappa shape index (κ2) is 15.0. The molecule has 14 heteroatoms. The number of para-hydroxylation sites is 2. The summed E-state index contributed by atoms with van der Waals surface area (Å²) in [6, 6.07) is 19.5. The van der Waals surface area contributed by atoms with E-state index in [4.69, 9.17) is 20.7 Å². The van der Waals surface area contributed by atoms with Crippen molar-refractivity contribution in [2.75, 3.05) is 48.3 Å². The number of phenols is 1. The number of imide groups is 1. The molecule has 296 valence electrons. The van der Waals surface area contributed by atoms with Gasteiger partial charge in [0.25, 0.3) is 0 Å². The number of piperazine rings is 1. The quantitative estimate of drug-likeness (QED) is 0.161. The second-order valence-corrected chi connectivity index (χ2v) is 16.3. The lowest BCUT2D eigenvalue weighted by molar-refractivity contribution is -0.135. The highest BCUT2D eigenvalue weighted by Gasteiger charge is 2.42. The fraction of sp³-hybridized carbons (Fsp3) is 0.386. The topological polar surface area (TPSA) is 172 Å². The lowest BCUT2D eigenvalue weighted by Crippen LogP contribution is -2.54. The summed E-state index contributed by atoms with van der Waals surface area (Å²) in [4.78, 5) is 46.8. The first-order valence-corrected chi connectivity index (χ1v) is 20.6. The number of fused-ring (bicyclic) bond motifs is 5. The fourth-order valence-corrected chi connectivity index (χ4v) is 9.98. The monoisotopic (exact) mass is 777 g/mol. The van der Waals surface area contributed by atoms with E-state index in [0.29, 0.717) is 35.8 Å². The summed E-state index contributed by atoms with van der Waals surface area (Å²) >= 11 is 0. The number of hydrogen-bond donors (Lipinski definition) is 3. The highest BCUT2D eigenvalue weighted by molar-refractivity contribution is 6.10. The Morgan fingerprint density at radius 2 is 1.62 bits per heavy atom. The van der Waals surface area contributed by atoms with Gasteiger partial charge in [0.1, 0.15) is 17.4 Å². The maximum atomic E-state index is 12.9. The Morgan fingerprint density at radius 1 is 0.862 bits per heavy atom. The number of aromatic nitrogens is 6. The largest absolute Gasteiger partial charge is 0.507 e. The number of benzene rings is 2. The van der Waals surface area contributed by atoms with E-state index in [0.717, 1.165) is 105 Å². The lowest BCUT2D eigenvalue weighted by Gasteiger charge is -2.42. The molecule has 0 spiro atoms. The van der Waals surface area contributed by atoms with Gasteiger partial charge in [0.2, 0.25) is 17.8 Å². The molecule has 2 amide bonds. The van der Waals surface area contributed by atoms with Crippen LogP contribution in [-0.2, 0) is 16.0 Å². The number of piperidine rings is 2. The van der Waals surface area contributed by atoms with Crippen molar-refractivity contribution in [3.05, 3.63) is 90.4 Å². The third-order valence-corrected chi connectivity index (χ3v) is 12.9. The Hall–Kier alpha value is -6.15. The second-order valence-electron chi connectivity index (χ2n) is 16.3. The summed E-state index contributed by atoms with van der Waals surface area (Å²) in [6.07, 6.45) is 13.0. The molecule has 14 nitrogen and oxygen atoms in total. The first-order valence-electron chi connectivity index (χ1n) is 20.6. The molecule has 2 bridgehead atoms. The highest BCUT2D eigenvalue weighted by atomic mass is 16.3. The van der Waals surface area contributed by atoms with Gasteiger partial charge in [-0.2, -0.15) is 0 Å². The summed E-state index contributed by atoms with van der Waals surface area (Å²) in [6.45, 7) is 4.67. The van der Waals surface area contributed by atoms with E-state index in [-0.39, 0.29) is 29.6 Å². The average Bonchev–Trinajstić information content (AvgIpc) is 3.72. The van der Waals surface area contributed by atoms with Gasteiger partial charge < -0.3 is 30.1 Å². The van der Waals surface area contributed by atoms with Crippen molar-refractivity contribution >= 4 is 51.2 Å². The number of carbonyl (C=O) groups is 2. The predicted octanol–water partition coefficient (Wildman–Crippen LogP) is 5.37. The molecular formula is C44H47N11O3. The number of hydrogen-bond acceptors (Lipinski definition) is 12. The zero-order valence-electron chi connectivity index (χ0n) is 32.4. The van der Waals surface area contributed by atoms with Gasteiger partial charge in [-0.3, -0.25) is 14.9 Å². The highest BCUT2D eigenvalue weighted by Crippen LogP contribution is 2.39. The normalized spacial score (nSPS) is 21.6. The van der Waals surface area contributed by atoms with Crippen molar-refractivity contribution in [1.29, 1.82) is 0 Å². The zero-order valence-corrected chi connectivity index (χ0v) is 32.4. The standard InChI is InChI=1S/C44H47N11O3/c45-41-37(22-34(50-51-41)32-7-2-4-10-38(32)56)53-25-30-11-12-31(26-53)54(30)44-47-23-29(24-48-44)27-16-20-52(21-17-27)19-5-6-28-15-18-46-42-40(28)33-8-1-3-9-35(33)55(42)36-13-14-39(57)49-43(36)58/h1-4,7-10,15,18,22-24,27,30-31,36,56H,5-6,11-14,16-17,19-21,25-26H2,(H2,45,51)(H,49,57,58). The molecule has 3 atom stereocenters. The van der Waals surface area contributed by atoms with Crippen LogP contribution in [0.3, 0.4) is 0 Å². The van der Waals surface area contributed by atoms with Crippen LogP contribution >= 0.6 is 0 Å². The summed E-state index contributed by atoms with van der Waals surface area (Å²) in [5.41, 5.74) is 12.7. The smallest absolute Gasteiger partial charge is 0.249 e. The molecule has 4 aliphatic heterocycles. The van der Waals surface area contributed by atoms with Crippen molar-refractivity contribution in [3.63, 3.8) is 0 Å². The number of rotatable bonds is 9. The molecule has 4 aromatic heterocycles. The van der Waals surface area contributed by atoms with E-state index in [1.165, 1.54) is 11.1 Å². The van der Waals surface area contributed by atoms with Crippen LogP contribution in [-0.4, -0.2) is 96.3 Å². The van der Waals surface area contributed by atoms with E-state index < -0.39 is 6.04 Å². The van der Waals surface area contributed by atoms with Gasteiger partial charge in [-0.25, -0.2) is 15.0 Å². The molecule has 0 aliphatic carbocycles. The molecule has 2 aromatic carbocycles. The van der Waals surface area contributed by atoms with E-state index in [1.807, 2.05) is 47.2 Å². The molecule has 4 fully saturated rings. The van der Waals surface area contributed by atoms with E-state index in [1.54, 1.807) is 12.1 Å². The molecule has 0 radical (unpaired) electrons. The molecule has 3 unspecified atom stereocenters. The van der Waals surface area contributed by atoms with Gasteiger partial charge >= 0.3 is 0 Å². The molecule has 4 aliphatic rings. The number of nitrogens with zero attached hydrogens (tertiary/aromatic N) is 9. The Bertz CT molecular complexity index is 2500. The van der Waals surface area contributed by atoms with Gasteiger partial charge in [-0.15, -0.1) is 10.2 Å². The third kappa shape index (κ3) is 6.54. The number of amides is 2. The Labute approximate surface area is 336 Å². The number of phenolic OH excluding ortho intramolecular Hbond substituents is 1. The Morgan fingerprint density at radius 3 is 2.40 bits per heavy atom. The van der Waals surface area contributed by atoms with Gasteiger partial charge in [-0.1, -0.05) is 30.3 Å². The van der Waals surface area contributed by atoms with Crippen molar-refractivity contribution in [2.45, 2.75) is 75.4 Å². The summed E-state index contributed by atoms with van der Waals surface area (Å²) in [5, 5.41) is 23.7. The fourth-order valence-electron chi connectivity index (χ4n) is 9.98. The van der Waals surface area contributed by atoms with Crippen LogP contribution in [0.2, 0.25) is 0 Å². The number of aryl methyl sites for hydroxylation is 1. The van der Waals surface area contributed by atoms with Crippen LogP contribution < -0.4 is 20.9 Å². The Kier molecular flexibility index (Phi) is 9.35. The predicted molar refractivity (Wildman–Crippen MR) is 222 cm³/mol. The Balaban J connectivity index is 0.755. The molecule has 6 aromatic rings. The minimum Gasteiger partial charge on any atom is -0.507 e. The van der Waals surface area contributed by atoms with E-state index >= 15 is 0 Å². The van der Waals surface area contributed by atoms with Crippen LogP contribution in [0.1, 0.15) is 68.0 Å². The number of nitrogen functional groups attached to an aromatic ring is 1. The van der Waals surface area contributed by atoms with E-state index in [9.17, 15) is 14.7 Å². The van der Waals surface area contributed by atoms with Crippen LogP contribution in [0.4, 0.5) is 17.5 Å².